The number of hydrogen-bond acceptors (Lipinski definition) is 3. The Balaban J connectivity index is 1.98. The summed E-state index contributed by atoms with van der Waals surface area (Å²) in [5, 5.41) is 0. The molecule has 17 heavy (non-hydrogen) atoms. The van der Waals surface area contributed by atoms with E-state index in [0.29, 0.717) is 5.78 Å². The van der Waals surface area contributed by atoms with Crippen molar-refractivity contribution in [1.82, 2.24) is 4.90 Å². The molecule has 1 aromatic heterocycles. The average molecular weight is 272 g/mol. The summed E-state index contributed by atoms with van der Waals surface area (Å²) in [4.78, 5) is 15.4. The van der Waals surface area contributed by atoms with Crippen LogP contribution < -0.4 is 0 Å². The quantitative estimate of drug-likeness (QED) is 0.781. The Hall–Kier alpha value is -0.380. The molecule has 1 aliphatic carbocycles. The molecule has 0 aliphatic heterocycles. The van der Waals surface area contributed by atoms with Crippen LogP contribution in [0.2, 0.25) is 4.34 Å². The van der Waals surface area contributed by atoms with Crippen molar-refractivity contribution in [3.8, 4) is 0 Å². The molecule has 0 saturated heterocycles. The van der Waals surface area contributed by atoms with E-state index in [1.165, 1.54) is 17.7 Å². The van der Waals surface area contributed by atoms with Gasteiger partial charge in [0, 0.05) is 17.8 Å². The van der Waals surface area contributed by atoms with Crippen LogP contribution in [0.3, 0.4) is 0 Å². The molecule has 1 heterocycles. The van der Waals surface area contributed by atoms with Gasteiger partial charge in [0.05, 0.1) is 10.4 Å². The van der Waals surface area contributed by atoms with E-state index >= 15 is 0 Å². The van der Waals surface area contributed by atoms with Crippen LogP contribution in [0, 0.1) is 0 Å². The summed E-state index contributed by atoms with van der Waals surface area (Å²) in [5.41, 5.74) is 0. The topological polar surface area (TPSA) is 20.3 Å². The largest absolute Gasteiger partial charge is 0.298 e. The van der Waals surface area contributed by atoms with Crippen molar-refractivity contribution < 1.29 is 4.79 Å². The van der Waals surface area contributed by atoms with Crippen molar-refractivity contribution in [2.75, 3.05) is 7.05 Å². The van der Waals surface area contributed by atoms with Crippen molar-refractivity contribution >= 4 is 28.7 Å². The smallest absolute Gasteiger partial charge is 0.149 e. The molecular weight excluding hydrogens is 254 g/mol. The number of nitrogens with zero attached hydrogens (tertiary/aromatic N) is 1. The van der Waals surface area contributed by atoms with E-state index in [1.807, 2.05) is 19.2 Å². The van der Waals surface area contributed by atoms with Gasteiger partial charge in [0.25, 0.3) is 0 Å². The summed E-state index contributed by atoms with van der Waals surface area (Å²) in [7, 11) is 2.04. The lowest BCUT2D eigenvalue weighted by atomic mass is 10.1. The fraction of sp³-hybridized carbons (Fsp3) is 0.615. The predicted molar refractivity (Wildman–Crippen MR) is 72.7 cm³/mol. The molecule has 1 fully saturated rings. The molecule has 0 amide bonds. The number of carbonyl (C=O) groups is 1. The summed E-state index contributed by atoms with van der Waals surface area (Å²) in [5.74, 6) is 0.410. The minimum atomic E-state index is 0.110. The zero-order valence-corrected chi connectivity index (χ0v) is 11.7. The monoisotopic (exact) mass is 271 g/mol. The highest BCUT2D eigenvalue weighted by Gasteiger charge is 2.24. The van der Waals surface area contributed by atoms with Crippen LogP contribution in [-0.4, -0.2) is 23.8 Å². The Morgan fingerprint density at radius 1 is 1.41 bits per heavy atom. The fourth-order valence-corrected chi connectivity index (χ4v) is 3.55. The van der Waals surface area contributed by atoms with E-state index < -0.39 is 0 Å². The van der Waals surface area contributed by atoms with Gasteiger partial charge in [-0.3, -0.25) is 9.69 Å². The van der Waals surface area contributed by atoms with E-state index in [0.717, 1.165) is 30.1 Å². The van der Waals surface area contributed by atoms with Gasteiger partial charge in [-0.2, -0.15) is 0 Å². The molecular formula is C13H18ClNOS. The van der Waals surface area contributed by atoms with E-state index in [9.17, 15) is 4.79 Å². The molecule has 2 nitrogen and oxygen atoms in total. The first-order valence-electron chi connectivity index (χ1n) is 6.14. The molecule has 0 aromatic carbocycles. The summed E-state index contributed by atoms with van der Waals surface area (Å²) < 4.78 is 0.820. The average Bonchev–Trinajstić information content (AvgIpc) is 2.57. The number of halogens is 1. The van der Waals surface area contributed by atoms with Gasteiger partial charge in [-0.1, -0.05) is 24.4 Å². The molecule has 2 rings (SSSR count). The summed E-state index contributed by atoms with van der Waals surface area (Å²) in [6.45, 7) is 0.827. The lowest BCUT2D eigenvalue weighted by Gasteiger charge is -2.25. The second kappa shape index (κ2) is 5.98. The zero-order valence-electron chi connectivity index (χ0n) is 10.1. The number of thiophene rings is 1. The van der Waals surface area contributed by atoms with Gasteiger partial charge >= 0.3 is 0 Å². The minimum Gasteiger partial charge on any atom is -0.298 e. The lowest BCUT2D eigenvalue weighted by Crippen LogP contribution is -2.37. The first-order chi connectivity index (χ1) is 8.16. The zero-order chi connectivity index (χ0) is 12.3. The van der Waals surface area contributed by atoms with Gasteiger partial charge < -0.3 is 0 Å². The third-order valence-electron chi connectivity index (χ3n) is 3.34. The molecule has 1 atom stereocenters. The second-order valence-electron chi connectivity index (χ2n) is 4.70. The lowest BCUT2D eigenvalue weighted by molar-refractivity contribution is -0.123. The Labute approximate surface area is 112 Å². The Morgan fingerprint density at radius 2 is 2.24 bits per heavy atom. The molecule has 1 aromatic rings. The van der Waals surface area contributed by atoms with Crippen molar-refractivity contribution in [2.45, 2.75) is 44.7 Å². The molecule has 94 valence electrons. The third-order valence-corrected chi connectivity index (χ3v) is 4.55. The second-order valence-corrected chi connectivity index (χ2v) is 6.50. The molecule has 1 saturated carbocycles. The molecule has 0 bridgehead atoms. The molecule has 0 spiro atoms. The third kappa shape index (κ3) is 3.54. The molecule has 0 radical (unpaired) electrons. The number of ketones is 1. The van der Waals surface area contributed by atoms with Gasteiger partial charge in [0.15, 0.2) is 0 Å². The number of hydrogen-bond donors (Lipinski definition) is 0. The van der Waals surface area contributed by atoms with E-state index in [2.05, 4.69) is 4.90 Å². The van der Waals surface area contributed by atoms with Crippen molar-refractivity contribution in [1.29, 1.82) is 0 Å². The van der Waals surface area contributed by atoms with Crippen LogP contribution in [0.5, 0.6) is 0 Å². The Bertz CT molecular complexity index is 391. The van der Waals surface area contributed by atoms with Gasteiger partial charge in [-0.05, 0) is 32.0 Å². The van der Waals surface area contributed by atoms with Crippen molar-refractivity contribution in [2.24, 2.45) is 0 Å². The maximum Gasteiger partial charge on any atom is 0.149 e. The standard InChI is InChI=1S/C13H18ClNOS/c1-15(9-10-7-8-13(14)17-10)11-5-3-2-4-6-12(11)16/h7-8,11H,2-6,9H2,1H3. The summed E-state index contributed by atoms with van der Waals surface area (Å²) in [6, 6.07) is 4.08. The van der Waals surface area contributed by atoms with E-state index in [4.69, 9.17) is 11.6 Å². The predicted octanol–water partition coefficient (Wildman–Crippen LogP) is 3.74. The van der Waals surface area contributed by atoms with Crippen LogP contribution in [0.1, 0.15) is 37.0 Å². The SMILES string of the molecule is CN(Cc1ccc(Cl)s1)C1CCCCCC1=O. The highest BCUT2D eigenvalue weighted by Crippen LogP contribution is 2.25. The summed E-state index contributed by atoms with van der Waals surface area (Å²) in [6.07, 6.45) is 5.19. The van der Waals surface area contributed by atoms with Crippen LogP contribution in [-0.2, 0) is 11.3 Å². The summed E-state index contributed by atoms with van der Waals surface area (Å²) >= 11 is 7.52. The van der Waals surface area contributed by atoms with Gasteiger partial charge in [0.2, 0.25) is 0 Å². The van der Waals surface area contributed by atoms with Crippen molar-refractivity contribution in [3.63, 3.8) is 0 Å². The highest BCUT2D eigenvalue weighted by atomic mass is 35.5. The van der Waals surface area contributed by atoms with Crippen LogP contribution in [0.25, 0.3) is 0 Å². The van der Waals surface area contributed by atoms with Crippen LogP contribution >= 0.6 is 22.9 Å². The first-order valence-corrected chi connectivity index (χ1v) is 7.33. The number of likely N-dealkylation sites (N-methyl/N-ethyl adjacent to an activating group) is 1. The molecule has 0 N–H and O–H groups in total. The van der Waals surface area contributed by atoms with Gasteiger partial charge in [-0.25, -0.2) is 0 Å². The fourth-order valence-electron chi connectivity index (χ4n) is 2.40. The Kier molecular flexibility index (Phi) is 4.60. The maximum atomic E-state index is 12.0. The van der Waals surface area contributed by atoms with Crippen LogP contribution in [0.4, 0.5) is 0 Å². The molecule has 4 heteroatoms. The van der Waals surface area contributed by atoms with E-state index in [-0.39, 0.29) is 6.04 Å². The molecule has 1 unspecified atom stereocenters. The first kappa shape index (κ1) is 13.1. The van der Waals surface area contributed by atoms with Gasteiger partial charge in [0.1, 0.15) is 5.78 Å². The number of Topliss-reactive ketones (excluding diaryl/α,β-unsaturated/α-hetero) is 1. The highest BCUT2D eigenvalue weighted by molar-refractivity contribution is 7.16. The number of rotatable bonds is 3. The van der Waals surface area contributed by atoms with Gasteiger partial charge in [-0.15, -0.1) is 11.3 Å². The Morgan fingerprint density at radius 3 is 2.94 bits per heavy atom. The normalized spacial score (nSPS) is 21.8. The van der Waals surface area contributed by atoms with Crippen molar-refractivity contribution in [3.05, 3.63) is 21.3 Å². The minimum absolute atomic E-state index is 0.110. The van der Waals surface area contributed by atoms with Crippen LogP contribution in [0.15, 0.2) is 12.1 Å². The maximum absolute atomic E-state index is 12.0. The molecule has 1 aliphatic rings. The number of carbonyl (C=O) groups excluding carboxylic acids is 1. The van der Waals surface area contributed by atoms with E-state index in [1.54, 1.807) is 11.3 Å².